The van der Waals surface area contributed by atoms with Crippen molar-refractivity contribution >= 4 is 28.3 Å². The Kier molecular flexibility index (Phi) is 9.23. The van der Waals surface area contributed by atoms with Crippen molar-refractivity contribution in [3.63, 3.8) is 0 Å². The van der Waals surface area contributed by atoms with Crippen LogP contribution in [0.25, 0.3) is 0 Å². The predicted molar refractivity (Wildman–Crippen MR) is 124 cm³/mol. The van der Waals surface area contributed by atoms with Crippen LogP contribution in [-0.2, 0) is 21.0 Å². The normalized spacial score (nSPS) is 23.2. The van der Waals surface area contributed by atoms with Gasteiger partial charge in [-0.3, -0.25) is 9.69 Å². The lowest BCUT2D eigenvalue weighted by molar-refractivity contribution is -0.138. The zero-order chi connectivity index (χ0) is 23.7. The first kappa shape index (κ1) is 27.9. The van der Waals surface area contributed by atoms with E-state index in [2.05, 4.69) is 4.90 Å². The molecule has 2 fully saturated rings. The SMILES string of the molecule is CN(C(=O)C(c1ccc(C(F)(F)F)cc1)N(C)S(C)(=O)=O)[C@@H]1CCCC[C@H]1N1CCCC1.Cl. The highest BCUT2D eigenvalue weighted by Crippen LogP contribution is 2.34. The van der Waals surface area contributed by atoms with Crippen molar-refractivity contribution < 1.29 is 26.4 Å². The molecule has 0 N–H and O–H groups in total. The van der Waals surface area contributed by atoms with E-state index in [1.54, 1.807) is 11.9 Å². The molecule has 11 heteroatoms. The topological polar surface area (TPSA) is 60.9 Å². The second-order valence-electron chi connectivity index (χ2n) is 8.91. The van der Waals surface area contributed by atoms with Crippen molar-refractivity contribution in [2.24, 2.45) is 0 Å². The van der Waals surface area contributed by atoms with Crippen LogP contribution in [0.4, 0.5) is 13.2 Å². The minimum Gasteiger partial charge on any atom is -0.340 e. The van der Waals surface area contributed by atoms with Gasteiger partial charge in [0.25, 0.3) is 0 Å². The third kappa shape index (κ3) is 6.41. The van der Waals surface area contributed by atoms with E-state index >= 15 is 0 Å². The minimum atomic E-state index is -4.51. The molecule has 1 aromatic carbocycles. The lowest BCUT2D eigenvalue weighted by atomic mass is 9.87. The van der Waals surface area contributed by atoms with E-state index in [9.17, 15) is 26.4 Å². The van der Waals surface area contributed by atoms with Crippen LogP contribution in [0.2, 0.25) is 0 Å². The Balaban J connectivity index is 0.00000385. The van der Waals surface area contributed by atoms with Crippen LogP contribution in [0, 0.1) is 0 Å². The molecule has 0 aromatic heterocycles. The number of rotatable bonds is 6. The molecule has 1 amide bonds. The number of sulfonamides is 1. The number of likely N-dealkylation sites (N-methyl/N-ethyl adjacent to an activating group) is 2. The van der Waals surface area contributed by atoms with Crippen molar-refractivity contribution in [3.8, 4) is 0 Å². The third-order valence-corrected chi connectivity index (χ3v) is 8.08. The van der Waals surface area contributed by atoms with Crippen molar-refractivity contribution in [1.29, 1.82) is 0 Å². The van der Waals surface area contributed by atoms with Crippen molar-refractivity contribution in [1.82, 2.24) is 14.1 Å². The van der Waals surface area contributed by atoms with Crippen LogP contribution in [0.15, 0.2) is 24.3 Å². The number of amides is 1. The zero-order valence-electron chi connectivity index (χ0n) is 19.2. The fourth-order valence-electron chi connectivity index (χ4n) is 4.95. The van der Waals surface area contributed by atoms with Gasteiger partial charge in [-0.25, -0.2) is 8.42 Å². The molecule has 3 atom stereocenters. The first-order valence-electron chi connectivity index (χ1n) is 11.0. The van der Waals surface area contributed by atoms with Gasteiger partial charge in [-0.05, 0) is 56.5 Å². The molecule has 0 radical (unpaired) electrons. The fourth-order valence-corrected chi connectivity index (χ4v) is 5.55. The summed E-state index contributed by atoms with van der Waals surface area (Å²) in [5, 5.41) is 0. The molecule has 1 heterocycles. The Hall–Kier alpha value is -1.36. The average molecular weight is 512 g/mol. The highest BCUT2D eigenvalue weighted by Gasteiger charge is 2.40. The van der Waals surface area contributed by atoms with E-state index in [0.29, 0.717) is 0 Å². The maximum Gasteiger partial charge on any atom is 0.416 e. The minimum absolute atomic E-state index is 0. The maximum atomic E-state index is 13.7. The molecule has 1 aliphatic carbocycles. The summed E-state index contributed by atoms with van der Waals surface area (Å²) in [7, 11) is -0.791. The molecule has 6 nitrogen and oxygen atoms in total. The van der Waals surface area contributed by atoms with Crippen LogP contribution < -0.4 is 0 Å². The standard InChI is InChI=1S/C22H32F3N3O3S.ClH/c1-26(18-8-4-5-9-19(18)28-14-6-7-15-28)21(29)20(27(2)32(3,30)31)16-10-12-17(13-11-16)22(23,24)25;/h10-13,18-20H,4-9,14-15H2,1-3H3;1H/t18-,19-,20?;/m1./s1. The van der Waals surface area contributed by atoms with Gasteiger partial charge >= 0.3 is 6.18 Å². The number of carbonyl (C=O) groups excluding carboxylic acids is 1. The van der Waals surface area contributed by atoms with Crippen molar-refractivity contribution in [2.75, 3.05) is 33.4 Å². The number of carbonyl (C=O) groups is 1. The van der Waals surface area contributed by atoms with Crippen LogP contribution in [0.3, 0.4) is 0 Å². The summed E-state index contributed by atoms with van der Waals surface area (Å²) in [6, 6.07) is 3.10. The molecule has 0 spiro atoms. The summed E-state index contributed by atoms with van der Waals surface area (Å²) in [6.45, 7) is 1.99. The third-order valence-electron chi connectivity index (χ3n) is 6.82. The molecule has 3 rings (SSSR count). The number of hydrogen-bond donors (Lipinski definition) is 0. The number of halogens is 4. The summed E-state index contributed by atoms with van der Waals surface area (Å²) in [4.78, 5) is 17.7. The number of hydrogen-bond acceptors (Lipinski definition) is 4. The first-order chi connectivity index (χ1) is 14.9. The number of nitrogens with zero attached hydrogens (tertiary/aromatic N) is 3. The Morgan fingerprint density at radius 3 is 2.09 bits per heavy atom. The molecule has 1 saturated heterocycles. The molecule has 1 aromatic rings. The molecule has 1 saturated carbocycles. The van der Waals surface area contributed by atoms with Gasteiger partial charge < -0.3 is 4.90 Å². The number of benzene rings is 1. The summed E-state index contributed by atoms with van der Waals surface area (Å²) in [6.07, 6.45) is 2.62. The largest absolute Gasteiger partial charge is 0.416 e. The quantitative estimate of drug-likeness (QED) is 0.580. The van der Waals surface area contributed by atoms with Crippen molar-refractivity contribution in [2.45, 2.75) is 62.8 Å². The highest BCUT2D eigenvalue weighted by atomic mass is 35.5. The van der Waals surface area contributed by atoms with E-state index in [4.69, 9.17) is 0 Å². The van der Waals surface area contributed by atoms with E-state index in [1.165, 1.54) is 19.2 Å². The van der Waals surface area contributed by atoms with Gasteiger partial charge in [0.15, 0.2) is 0 Å². The van der Waals surface area contributed by atoms with Gasteiger partial charge in [0.1, 0.15) is 6.04 Å². The van der Waals surface area contributed by atoms with Gasteiger partial charge in [-0.2, -0.15) is 17.5 Å². The fraction of sp³-hybridized carbons (Fsp3) is 0.682. The zero-order valence-corrected chi connectivity index (χ0v) is 20.8. The lowest BCUT2D eigenvalue weighted by Crippen LogP contribution is -2.55. The maximum absolute atomic E-state index is 13.7. The van der Waals surface area contributed by atoms with E-state index in [-0.39, 0.29) is 30.1 Å². The van der Waals surface area contributed by atoms with Gasteiger partial charge in [-0.15, -0.1) is 12.4 Å². The van der Waals surface area contributed by atoms with E-state index in [0.717, 1.165) is 74.3 Å². The molecule has 0 bridgehead atoms. The second-order valence-corrected chi connectivity index (χ2v) is 11.0. The average Bonchev–Trinajstić information content (AvgIpc) is 3.27. The summed E-state index contributed by atoms with van der Waals surface area (Å²) in [5.74, 6) is -0.422. The van der Waals surface area contributed by atoms with E-state index < -0.39 is 33.7 Å². The summed E-state index contributed by atoms with van der Waals surface area (Å²) < 4.78 is 64.6. The van der Waals surface area contributed by atoms with Crippen LogP contribution >= 0.6 is 12.4 Å². The Labute approximate surface area is 200 Å². The Morgan fingerprint density at radius 1 is 1.03 bits per heavy atom. The first-order valence-corrected chi connectivity index (χ1v) is 12.9. The smallest absolute Gasteiger partial charge is 0.340 e. The highest BCUT2D eigenvalue weighted by molar-refractivity contribution is 7.88. The lowest BCUT2D eigenvalue weighted by Gasteiger charge is -2.44. The van der Waals surface area contributed by atoms with Crippen LogP contribution in [0.5, 0.6) is 0 Å². The molecular formula is C22H33ClF3N3O3S. The number of likely N-dealkylation sites (tertiary alicyclic amines) is 1. The predicted octanol–water partition coefficient (Wildman–Crippen LogP) is 3.93. The van der Waals surface area contributed by atoms with Crippen LogP contribution in [0.1, 0.15) is 55.7 Å². The summed E-state index contributed by atoms with van der Waals surface area (Å²) >= 11 is 0. The molecule has 1 unspecified atom stereocenters. The monoisotopic (exact) mass is 511 g/mol. The van der Waals surface area contributed by atoms with Crippen molar-refractivity contribution in [3.05, 3.63) is 35.4 Å². The molecule has 2 aliphatic rings. The van der Waals surface area contributed by atoms with E-state index in [1.807, 2.05) is 0 Å². The van der Waals surface area contributed by atoms with Gasteiger partial charge in [-0.1, -0.05) is 25.0 Å². The van der Waals surface area contributed by atoms with Gasteiger partial charge in [0.2, 0.25) is 15.9 Å². The summed E-state index contributed by atoms with van der Waals surface area (Å²) in [5.41, 5.74) is -0.625. The molecule has 188 valence electrons. The van der Waals surface area contributed by atoms with Crippen LogP contribution in [-0.4, -0.2) is 74.0 Å². The molecule has 1 aliphatic heterocycles. The molecule has 33 heavy (non-hydrogen) atoms. The number of alkyl halides is 3. The Bertz CT molecular complexity index is 906. The van der Waals surface area contributed by atoms with Gasteiger partial charge in [0, 0.05) is 26.2 Å². The molecular weight excluding hydrogens is 479 g/mol. The Morgan fingerprint density at radius 2 is 1.58 bits per heavy atom. The second kappa shape index (κ2) is 10.9. The van der Waals surface area contributed by atoms with Gasteiger partial charge in [0.05, 0.1) is 11.8 Å².